The maximum absolute atomic E-state index is 12.4. The van der Waals surface area contributed by atoms with Crippen molar-refractivity contribution < 1.29 is 4.79 Å². The van der Waals surface area contributed by atoms with Crippen molar-refractivity contribution in [3.05, 3.63) is 29.3 Å². The number of hydrogen-bond donors (Lipinski definition) is 0. The Labute approximate surface area is 124 Å². The summed E-state index contributed by atoms with van der Waals surface area (Å²) in [5, 5.41) is 0.697. The van der Waals surface area contributed by atoms with Crippen LogP contribution in [0.25, 0.3) is 0 Å². The van der Waals surface area contributed by atoms with E-state index in [4.69, 9.17) is 11.6 Å². The molecule has 0 spiro atoms. The second-order valence-electron chi connectivity index (χ2n) is 5.22. The van der Waals surface area contributed by atoms with Crippen LogP contribution < -0.4 is 0 Å². The first-order valence-electron chi connectivity index (χ1n) is 6.77. The lowest BCUT2D eigenvalue weighted by atomic mass is 9.99. The van der Waals surface area contributed by atoms with Crippen LogP contribution in [0, 0.1) is 5.92 Å². The summed E-state index contributed by atoms with van der Waals surface area (Å²) in [5.41, 5.74) is 0. The molecule has 1 aliphatic rings. The van der Waals surface area contributed by atoms with E-state index in [1.807, 2.05) is 36.1 Å². The standard InChI is InChI=1S/C15H20ClNOS/c1-11-7-9-17(10-8-11)15(18)12(2)19-14-5-3-13(16)4-6-14/h3-6,11-12H,7-10H2,1-2H3. The average Bonchev–Trinajstić information content (AvgIpc) is 2.41. The first kappa shape index (κ1) is 14.7. The number of piperidine rings is 1. The van der Waals surface area contributed by atoms with E-state index in [0.717, 1.165) is 41.8 Å². The van der Waals surface area contributed by atoms with Gasteiger partial charge in [-0.1, -0.05) is 18.5 Å². The normalized spacial score (nSPS) is 18.4. The monoisotopic (exact) mass is 297 g/mol. The number of likely N-dealkylation sites (tertiary alicyclic amines) is 1. The maximum atomic E-state index is 12.4. The molecule has 4 heteroatoms. The third kappa shape index (κ3) is 4.15. The summed E-state index contributed by atoms with van der Waals surface area (Å²) < 4.78 is 0. The van der Waals surface area contributed by atoms with Gasteiger partial charge >= 0.3 is 0 Å². The lowest BCUT2D eigenvalue weighted by molar-refractivity contribution is -0.131. The van der Waals surface area contributed by atoms with Crippen molar-refractivity contribution in [1.82, 2.24) is 4.90 Å². The quantitative estimate of drug-likeness (QED) is 0.784. The molecule has 1 aliphatic heterocycles. The van der Waals surface area contributed by atoms with Crippen molar-refractivity contribution in [3.63, 3.8) is 0 Å². The summed E-state index contributed by atoms with van der Waals surface area (Å²) in [6.07, 6.45) is 2.26. The van der Waals surface area contributed by atoms with Crippen LogP contribution in [0.15, 0.2) is 29.2 Å². The summed E-state index contributed by atoms with van der Waals surface area (Å²) >= 11 is 7.47. The number of amides is 1. The summed E-state index contributed by atoms with van der Waals surface area (Å²) in [6.45, 7) is 6.06. The molecular formula is C15H20ClNOS. The Balaban J connectivity index is 1.90. The summed E-state index contributed by atoms with van der Waals surface area (Å²) in [4.78, 5) is 15.5. The van der Waals surface area contributed by atoms with Crippen molar-refractivity contribution in [2.45, 2.75) is 36.8 Å². The number of carbonyl (C=O) groups excluding carboxylic acids is 1. The molecule has 1 aromatic carbocycles. The Morgan fingerprint density at radius 1 is 1.32 bits per heavy atom. The van der Waals surface area contributed by atoms with Crippen LogP contribution in [0.5, 0.6) is 0 Å². The molecule has 0 aromatic heterocycles. The van der Waals surface area contributed by atoms with Crippen LogP contribution in [-0.4, -0.2) is 29.1 Å². The summed E-state index contributed by atoms with van der Waals surface area (Å²) in [7, 11) is 0. The molecule has 1 atom stereocenters. The van der Waals surface area contributed by atoms with Gasteiger partial charge in [0.15, 0.2) is 0 Å². The molecule has 1 fully saturated rings. The zero-order chi connectivity index (χ0) is 13.8. The number of rotatable bonds is 3. The highest BCUT2D eigenvalue weighted by Crippen LogP contribution is 2.27. The predicted octanol–water partition coefficient (Wildman–Crippen LogP) is 4.08. The fraction of sp³-hybridized carbons (Fsp3) is 0.533. The molecule has 1 aromatic rings. The number of nitrogens with zero attached hydrogens (tertiary/aromatic N) is 1. The Morgan fingerprint density at radius 2 is 1.89 bits per heavy atom. The highest BCUT2D eigenvalue weighted by atomic mass is 35.5. The van der Waals surface area contributed by atoms with Crippen molar-refractivity contribution in [1.29, 1.82) is 0 Å². The van der Waals surface area contributed by atoms with Crippen molar-refractivity contribution in [2.24, 2.45) is 5.92 Å². The van der Waals surface area contributed by atoms with E-state index < -0.39 is 0 Å². The van der Waals surface area contributed by atoms with Crippen LogP contribution in [0.3, 0.4) is 0 Å². The fourth-order valence-electron chi connectivity index (χ4n) is 2.25. The zero-order valence-corrected chi connectivity index (χ0v) is 13.0. The molecule has 0 radical (unpaired) electrons. The molecule has 1 unspecified atom stereocenters. The molecule has 104 valence electrons. The Hall–Kier alpha value is -0.670. The number of halogens is 1. The molecule has 0 saturated carbocycles. The van der Waals surface area contributed by atoms with Crippen LogP contribution in [0.1, 0.15) is 26.7 Å². The van der Waals surface area contributed by atoms with E-state index in [2.05, 4.69) is 6.92 Å². The predicted molar refractivity (Wildman–Crippen MR) is 81.7 cm³/mol. The van der Waals surface area contributed by atoms with E-state index in [0.29, 0.717) is 0 Å². The van der Waals surface area contributed by atoms with Crippen molar-refractivity contribution >= 4 is 29.3 Å². The molecular weight excluding hydrogens is 278 g/mol. The molecule has 0 aliphatic carbocycles. The lowest BCUT2D eigenvalue weighted by Gasteiger charge is -2.32. The molecule has 1 heterocycles. The van der Waals surface area contributed by atoms with Gasteiger partial charge in [0.05, 0.1) is 5.25 Å². The van der Waals surface area contributed by atoms with E-state index in [1.54, 1.807) is 11.8 Å². The van der Waals surface area contributed by atoms with Gasteiger partial charge in [-0.2, -0.15) is 0 Å². The Kier molecular flexibility index (Phi) is 5.17. The van der Waals surface area contributed by atoms with Crippen LogP contribution in [0.2, 0.25) is 5.02 Å². The van der Waals surface area contributed by atoms with Gasteiger partial charge in [-0.3, -0.25) is 4.79 Å². The number of benzene rings is 1. The van der Waals surface area contributed by atoms with Crippen LogP contribution in [0.4, 0.5) is 0 Å². The molecule has 2 rings (SSSR count). The van der Waals surface area contributed by atoms with E-state index in [9.17, 15) is 4.79 Å². The van der Waals surface area contributed by atoms with E-state index in [1.165, 1.54) is 0 Å². The first-order chi connectivity index (χ1) is 9.06. The smallest absolute Gasteiger partial charge is 0.235 e. The van der Waals surface area contributed by atoms with Gasteiger partial charge in [-0.25, -0.2) is 0 Å². The van der Waals surface area contributed by atoms with E-state index in [-0.39, 0.29) is 11.2 Å². The topological polar surface area (TPSA) is 20.3 Å². The summed E-state index contributed by atoms with van der Waals surface area (Å²) in [6, 6.07) is 7.66. The Bertz CT molecular complexity index is 426. The van der Waals surface area contributed by atoms with Crippen molar-refractivity contribution in [2.75, 3.05) is 13.1 Å². The molecule has 19 heavy (non-hydrogen) atoms. The lowest BCUT2D eigenvalue weighted by Crippen LogP contribution is -2.41. The van der Waals surface area contributed by atoms with Gasteiger partial charge in [0, 0.05) is 23.0 Å². The third-order valence-corrected chi connectivity index (χ3v) is 4.92. The highest BCUT2D eigenvalue weighted by Gasteiger charge is 2.24. The van der Waals surface area contributed by atoms with Gasteiger partial charge in [0.2, 0.25) is 5.91 Å². The number of carbonyl (C=O) groups is 1. The minimum absolute atomic E-state index is 0.0328. The Morgan fingerprint density at radius 3 is 2.47 bits per heavy atom. The van der Waals surface area contributed by atoms with E-state index >= 15 is 0 Å². The van der Waals surface area contributed by atoms with Gasteiger partial charge in [0.25, 0.3) is 0 Å². The zero-order valence-electron chi connectivity index (χ0n) is 11.4. The van der Waals surface area contributed by atoms with Gasteiger partial charge < -0.3 is 4.90 Å². The molecule has 2 nitrogen and oxygen atoms in total. The first-order valence-corrected chi connectivity index (χ1v) is 8.03. The maximum Gasteiger partial charge on any atom is 0.235 e. The number of hydrogen-bond acceptors (Lipinski definition) is 2. The van der Waals surface area contributed by atoms with Gasteiger partial charge in [-0.15, -0.1) is 11.8 Å². The van der Waals surface area contributed by atoms with Gasteiger partial charge in [-0.05, 0) is 49.9 Å². The molecule has 1 saturated heterocycles. The summed E-state index contributed by atoms with van der Waals surface area (Å²) in [5.74, 6) is 1.01. The second-order valence-corrected chi connectivity index (χ2v) is 7.07. The average molecular weight is 298 g/mol. The van der Waals surface area contributed by atoms with Crippen molar-refractivity contribution in [3.8, 4) is 0 Å². The largest absolute Gasteiger partial charge is 0.342 e. The molecule has 1 amide bonds. The molecule has 0 N–H and O–H groups in total. The fourth-order valence-corrected chi connectivity index (χ4v) is 3.33. The van der Waals surface area contributed by atoms with Crippen LogP contribution >= 0.6 is 23.4 Å². The number of thioether (sulfide) groups is 1. The van der Waals surface area contributed by atoms with Crippen LogP contribution in [-0.2, 0) is 4.79 Å². The molecule has 0 bridgehead atoms. The van der Waals surface area contributed by atoms with Gasteiger partial charge in [0.1, 0.15) is 0 Å². The SMILES string of the molecule is CC1CCN(C(=O)C(C)Sc2ccc(Cl)cc2)CC1. The second kappa shape index (κ2) is 6.67. The highest BCUT2D eigenvalue weighted by molar-refractivity contribution is 8.00. The minimum Gasteiger partial charge on any atom is -0.342 e. The minimum atomic E-state index is -0.0328. The third-order valence-electron chi connectivity index (χ3n) is 3.57.